The van der Waals surface area contributed by atoms with Gasteiger partial charge in [-0.1, -0.05) is 12.1 Å². The molecule has 2 amide bonds. The molecule has 1 heterocycles. The summed E-state index contributed by atoms with van der Waals surface area (Å²) in [6.07, 6.45) is 0. The molecule has 0 unspecified atom stereocenters. The van der Waals surface area contributed by atoms with Gasteiger partial charge in [0.05, 0.1) is 22.8 Å². The summed E-state index contributed by atoms with van der Waals surface area (Å²) in [5, 5.41) is 12.2. The fraction of sp³-hybridized carbons (Fsp3) is 0.100. The topological polar surface area (TPSA) is 89.8 Å². The molecule has 4 rings (SSSR count). The monoisotopic (exact) mass is 362 g/mol. The number of hydrogen-bond acceptors (Lipinski definition) is 5. The average Bonchev–Trinajstić information content (AvgIpc) is 2.67. The van der Waals surface area contributed by atoms with E-state index in [9.17, 15) is 19.7 Å². The third-order valence-corrected chi connectivity index (χ3v) is 4.45. The Bertz CT molecular complexity index is 1110. The highest BCUT2D eigenvalue weighted by molar-refractivity contribution is 6.36. The number of imide groups is 1. The summed E-state index contributed by atoms with van der Waals surface area (Å²) in [6, 6.07) is 14.1. The van der Waals surface area contributed by atoms with E-state index in [0.29, 0.717) is 34.4 Å². The first-order valence-electron chi connectivity index (χ1n) is 8.34. The van der Waals surface area contributed by atoms with Crippen molar-refractivity contribution in [3.63, 3.8) is 0 Å². The van der Waals surface area contributed by atoms with Gasteiger partial charge in [0, 0.05) is 23.1 Å². The van der Waals surface area contributed by atoms with Crippen LogP contribution < -0.4 is 9.64 Å². The van der Waals surface area contributed by atoms with Crippen LogP contribution in [0.4, 0.5) is 11.4 Å². The Morgan fingerprint density at radius 1 is 1.00 bits per heavy atom. The Kier molecular flexibility index (Phi) is 3.84. The minimum Gasteiger partial charge on any atom is -0.494 e. The van der Waals surface area contributed by atoms with Crippen molar-refractivity contribution < 1.29 is 19.2 Å². The second-order valence-electron chi connectivity index (χ2n) is 6.03. The zero-order valence-electron chi connectivity index (χ0n) is 14.3. The van der Waals surface area contributed by atoms with E-state index in [0.717, 1.165) is 4.90 Å². The van der Waals surface area contributed by atoms with Crippen LogP contribution >= 0.6 is 0 Å². The summed E-state index contributed by atoms with van der Waals surface area (Å²) in [4.78, 5) is 37.8. The zero-order chi connectivity index (χ0) is 19.1. The Morgan fingerprint density at radius 2 is 1.70 bits per heavy atom. The van der Waals surface area contributed by atoms with Crippen molar-refractivity contribution in [1.82, 2.24) is 0 Å². The van der Waals surface area contributed by atoms with E-state index >= 15 is 0 Å². The molecule has 0 spiro atoms. The minimum absolute atomic E-state index is 0.142. The maximum absolute atomic E-state index is 13.1. The Morgan fingerprint density at radius 3 is 2.37 bits per heavy atom. The number of benzene rings is 3. The van der Waals surface area contributed by atoms with Crippen LogP contribution in [-0.2, 0) is 0 Å². The van der Waals surface area contributed by atoms with E-state index in [4.69, 9.17) is 4.74 Å². The molecule has 3 aromatic carbocycles. The molecule has 27 heavy (non-hydrogen) atoms. The summed E-state index contributed by atoms with van der Waals surface area (Å²) in [6.45, 7) is 2.36. The van der Waals surface area contributed by atoms with Crippen molar-refractivity contribution in [2.45, 2.75) is 6.92 Å². The van der Waals surface area contributed by atoms with Gasteiger partial charge in [-0.25, -0.2) is 4.90 Å². The van der Waals surface area contributed by atoms with Crippen molar-refractivity contribution in [2.75, 3.05) is 11.5 Å². The Balaban J connectivity index is 1.89. The summed E-state index contributed by atoms with van der Waals surface area (Å²) < 4.78 is 5.38. The summed E-state index contributed by atoms with van der Waals surface area (Å²) in [7, 11) is 0. The second-order valence-corrected chi connectivity index (χ2v) is 6.03. The molecule has 134 valence electrons. The molecule has 0 bridgehead atoms. The molecule has 7 nitrogen and oxygen atoms in total. The zero-order valence-corrected chi connectivity index (χ0v) is 14.3. The third kappa shape index (κ3) is 2.60. The number of anilines is 1. The largest absolute Gasteiger partial charge is 0.494 e. The van der Waals surface area contributed by atoms with Gasteiger partial charge in [0.15, 0.2) is 0 Å². The van der Waals surface area contributed by atoms with Gasteiger partial charge in [-0.2, -0.15) is 0 Å². The lowest BCUT2D eigenvalue weighted by molar-refractivity contribution is -0.384. The number of nitro groups is 1. The molecule has 0 atom stereocenters. The standard InChI is InChI=1S/C20H14N2O5/c1-2-27-15-8-6-13(7-9-15)21-19(23)16-5-3-4-12-10-14(22(25)26)11-17(18(12)16)20(21)24/h3-11H,2H2,1H3. The van der Waals surface area contributed by atoms with E-state index in [1.165, 1.54) is 12.1 Å². The van der Waals surface area contributed by atoms with Gasteiger partial charge in [0.1, 0.15) is 5.75 Å². The van der Waals surface area contributed by atoms with Gasteiger partial charge in [-0.05, 0) is 42.6 Å². The lowest BCUT2D eigenvalue weighted by Gasteiger charge is -2.27. The molecule has 1 aliphatic rings. The maximum Gasteiger partial charge on any atom is 0.270 e. The number of ether oxygens (including phenoxy) is 1. The molecular formula is C20H14N2O5. The van der Waals surface area contributed by atoms with Crippen molar-refractivity contribution in [3.05, 3.63) is 75.8 Å². The fourth-order valence-corrected chi connectivity index (χ4v) is 3.29. The number of non-ortho nitro benzene ring substituents is 1. The highest BCUT2D eigenvalue weighted by atomic mass is 16.6. The molecule has 0 fully saturated rings. The number of nitro benzene ring substituents is 1. The lowest BCUT2D eigenvalue weighted by atomic mass is 9.93. The van der Waals surface area contributed by atoms with Gasteiger partial charge in [0.2, 0.25) is 0 Å². The quantitative estimate of drug-likeness (QED) is 0.398. The smallest absolute Gasteiger partial charge is 0.270 e. The first kappa shape index (κ1) is 16.7. The van der Waals surface area contributed by atoms with Gasteiger partial charge in [0.25, 0.3) is 17.5 Å². The van der Waals surface area contributed by atoms with Crippen LogP contribution in [0.1, 0.15) is 27.6 Å². The van der Waals surface area contributed by atoms with E-state index in [1.807, 2.05) is 6.92 Å². The lowest BCUT2D eigenvalue weighted by Crippen LogP contribution is -2.40. The molecular weight excluding hydrogens is 348 g/mol. The SMILES string of the molecule is CCOc1ccc(N2C(=O)c3cccc4cc([N+](=O)[O-])cc(c34)C2=O)cc1. The predicted octanol–water partition coefficient (Wildman–Crippen LogP) is 3.95. The van der Waals surface area contributed by atoms with Crippen LogP contribution in [-0.4, -0.2) is 23.3 Å². The van der Waals surface area contributed by atoms with E-state index < -0.39 is 16.7 Å². The van der Waals surface area contributed by atoms with Crippen LogP contribution in [0.5, 0.6) is 5.75 Å². The second kappa shape index (κ2) is 6.21. The molecule has 0 N–H and O–H groups in total. The predicted molar refractivity (Wildman–Crippen MR) is 99.4 cm³/mol. The van der Waals surface area contributed by atoms with E-state index in [1.54, 1.807) is 42.5 Å². The van der Waals surface area contributed by atoms with Crippen LogP contribution in [0.15, 0.2) is 54.6 Å². The van der Waals surface area contributed by atoms with Gasteiger partial charge in [-0.15, -0.1) is 0 Å². The highest BCUT2D eigenvalue weighted by Crippen LogP contribution is 2.35. The van der Waals surface area contributed by atoms with Crippen LogP contribution in [0.3, 0.4) is 0 Å². The molecule has 0 radical (unpaired) electrons. The molecule has 0 aliphatic carbocycles. The van der Waals surface area contributed by atoms with Gasteiger partial charge in [-0.3, -0.25) is 19.7 Å². The van der Waals surface area contributed by atoms with Crippen molar-refractivity contribution in [2.24, 2.45) is 0 Å². The number of carbonyl (C=O) groups is 2. The van der Waals surface area contributed by atoms with Crippen LogP contribution in [0.25, 0.3) is 10.8 Å². The third-order valence-electron chi connectivity index (χ3n) is 4.45. The normalized spacial score (nSPS) is 13.1. The number of rotatable bonds is 4. The molecule has 3 aromatic rings. The summed E-state index contributed by atoms with van der Waals surface area (Å²) in [5.74, 6) is -0.427. The maximum atomic E-state index is 13.1. The van der Waals surface area contributed by atoms with Gasteiger partial charge < -0.3 is 4.74 Å². The summed E-state index contributed by atoms with van der Waals surface area (Å²) in [5.41, 5.74) is 0.667. The minimum atomic E-state index is -0.587. The highest BCUT2D eigenvalue weighted by Gasteiger charge is 2.35. The van der Waals surface area contributed by atoms with Crippen LogP contribution in [0.2, 0.25) is 0 Å². The number of nitrogens with zero attached hydrogens (tertiary/aromatic N) is 2. The molecule has 7 heteroatoms. The van der Waals surface area contributed by atoms with E-state index in [2.05, 4.69) is 0 Å². The Labute approximate surface area is 153 Å². The number of amides is 2. The van der Waals surface area contributed by atoms with E-state index in [-0.39, 0.29) is 11.3 Å². The van der Waals surface area contributed by atoms with Crippen molar-refractivity contribution in [3.8, 4) is 5.75 Å². The Hall–Kier alpha value is -3.74. The van der Waals surface area contributed by atoms with Crippen molar-refractivity contribution in [1.29, 1.82) is 0 Å². The average molecular weight is 362 g/mol. The first-order chi connectivity index (χ1) is 13.0. The molecule has 0 saturated heterocycles. The fourth-order valence-electron chi connectivity index (χ4n) is 3.29. The first-order valence-corrected chi connectivity index (χ1v) is 8.34. The number of carbonyl (C=O) groups excluding carboxylic acids is 2. The van der Waals surface area contributed by atoms with Gasteiger partial charge >= 0.3 is 0 Å². The summed E-state index contributed by atoms with van der Waals surface area (Å²) >= 11 is 0. The molecule has 1 aliphatic heterocycles. The van der Waals surface area contributed by atoms with Crippen molar-refractivity contribution >= 4 is 34.0 Å². The number of hydrogen-bond donors (Lipinski definition) is 0. The molecule has 0 saturated carbocycles. The molecule has 0 aromatic heterocycles. The van der Waals surface area contributed by atoms with Crippen LogP contribution in [0, 0.1) is 10.1 Å².